The van der Waals surface area contributed by atoms with Gasteiger partial charge in [0.25, 0.3) is 5.91 Å². The minimum absolute atomic E-state index is 0.191. The number of benzene rings is 2. The third-order valence-electron chi connectivity index (χ3n) is 4.17. The van der Waals surface area contributed by atoms with Gasteiger partial charge in [0, 0.05) is 0 Å². The summed E-state index contributed by atoms with van der Waals surface area (Å²) in [6, 6.07) is 13.2. The number of anilines is 1. The maximum absolute atomic E-state index is 12.9. The second kappa shape index (κ2) is 8.71. The van der Waals surface area contributed by atoms with E-state index in [1.165, 1.54) is 4.90 Å². The number of ether oxygens (including phenoxy) is 2. The summed E-state index contributed by atoms with van der Waals surface area (Å²) in [7, 11) is 0. The lowest BCUT2D eigenvalue weighted by Crippen LogP contribution is -2.30. The molecular weight excluding hydrogens is 372 g/mol. The summed E-state index contributed by atoms with van der Waals surface area (Å²) in [6.45, 7) is 8.40. The van der Waals surface area contributed by atoms with Crippen molar-refractivity contribution in [3.05, 3.63) is 71.9 Å². The summed E-state index contributed by atoms with van der Waals surface area (Å²) >= 11 is 5.39. The molecule has 3 rings (SSSR count). The number of nitrogens with one attached hydrogen (secondary N) is 1. The van der Waals surface area contributed by atoms with E-state index in [9.17, 15) is 4.79 Å². The first kappa shape index (κ1) is 19.6. The molecule has 144 valence electrons. The van der Waals surface area contributed by atoms with Crippen molar-refractivity contribution in [2.45, 2.75) is 13.8 Å². The third-order valence-corrected chi connectivity index (χ3v) is 4.45. The summed E-state index contributed by atoms with van der Waals surface area (Å²) in [6.07, 6.45) is 3.43. The van der Waals surface area contributed by atoms with Gasteiger partial charge in [0.05, 0.1) is 12.3 Å². The van der Waals surface area contributed by atoms with E-state index in [0.717, 1.165) is 16.8 Å². The molecule has 1 aliphatic heterocycles. The Morgan fingerprint density at radius 3 is 2.68 bits per heavy atom. The van der Waals surface area contributed by atoms with Gasteiger partial charge in [0.2, 0.25) is 0 Å². The van der Waals surface area contributed by atoms with E-state index in [1.54, 1.807) is 12.2 Å². The minimum Gasteiger partial charge on any atom is -0.490 e. The second-order valence-electron chi connectivity index (χ2n) is 6.15. The van der Waals surface area contributed by atoms with Crippen molar-refractivity contribution in [3.63, 3.8) is 0 Å². The summed E-state index contributed by atoms with van der Waals surface area (Å²) in [5.74, 6) is 1.05. The van der Waals surface area contributed by atoms with Gasteiger partial charge in [-0.3, -0.25) is 9.69 Å². The fourth-order valence-electron chi connectivity index (χ4n) is 2.89. The van der Waals surface area contributed by atoms with E-state index in [-0.39, 0.29) is 5.91 Å². The van der Waals surface area contributed by atoms with Gasteiger partial charge in [0.15, 0.2) is 16.6 Å². The van der Waals surface area contributed by atoms with Gasteiger partial charge in [-0.2, -0.15) is 0 Å². The quantitative estimate of drug-likeness (QED) is 0.433. The van der Waals surface area contributed by atoms with Crippen molar-refractivity contribution in [1.29, 1.82) is 0 Å². The lowest BCUT2D eigenvalue weighted by atomic mass is 10.1. The van der Waals surface area contributed by atoms with E-state index in [0.29, 0.717) is 35.5 Å². The minimum atomic E-state index is -0.191. The fourth-order valence-corrected chi connectivity index (χ4v) is 3.18. The maximum Gasteiger partial charge on any atom is 0.281 e. The molecule has 1 N–H and O–H groups in total. The van der Waals surface area contributed by atoms with Crippen LogP contribution in [0.1, 0.15) is 18.1 Å². The predicted molar refractivity (Wildman–Crippen MR) is 116 cm³/mol. The number of thiocarbonyl (C=S) groups is 1. The van der Waals surface area contributed by atoms with Crippen molar-refractivity contribution in [2.24, 2.45) is 0 Å². The van der Waals surface area contributed by atoms with Crippen LogP contribution in [0.15, 0.2) is 60.8 Å². The summed E-state index contributed by atoms with van der Waals surface area (Å²) in [5.41, 5.74) is 2.97. The molecule has 1 amide bonds. The molecule has 1 fully saturated rings. The van der Waals surface area contributed by atoms with Crippen LogP contribution in [-0.2, 0) is 4.79 Å². The van der Waals surface area contributed by atoms with E-state index in [2.05, 4.69) is 11.9 Å². The van der Waals surface area contributed by atoms with E-state index < -0.39 is 0 Å². The standard InChI is InChI=1S/C22H22N2O3S/c1-4-12-27-19-11-10-16(14-20(19)26-5-2)13-17-21(25)24(22(28)23-17)18-9-7-6-8-15(18)3/h4,6-11,13-14H,1,5,12H2,2-3H3,(H,23,28)/b17-13+. The molecule has 1 heterocycles. The van der Waals surface area contributed by atoms with Crippen LogP contribution < -0.4 is 19.7 Å². The maximum atomic E-state index is 12.9. The monoisotopic (exact) mass is 394 g/mol. The first-order valence-electron chi connectivity index (χ1n) is 8.98. The number of rotatable bonds is 7. The van der Waals surface area contributed by atoms with Gasteiger partial charge in [-0.05, 0) is 61.5 Å². The van der Waals surface area contributed by atoms with Crippen molar-refractivity contribution in [3.8, 4) is 11.5 Å². The Labute approximate surface area is 170 Å². The zero-order chi connectivity index (χ0) is 20.1. The number of amides is 1. The molecule has 6 heteroatoms. The number of hydrogen-bond donors (Lipinski definition) is 1. The first-order valence-corrected chi connectivity index (χ1v) is 9.39. The Hall–Kier alpha value is -3.12. The van der Waals surface area contributed by atoms with Crippen LogP contribution in [0.3, 0.4) is 0 Å². The number of aryl methyl sites for hydroxylation is 1. The van der Waals surface area contributed by atoms with Crippen LogP contribution in [0.2, 0.25) is 0 Å². The normalized spacial score (nSPS) is 14.9. The zero-order valence-corrected chi connectivity index (χ0v) is 16.7. The molecular formula is C22H22N2O3S. The smallest absolute Gasteiger partial charge is 0.281 e. The Kier molecular flexibility index (Phi) is 6.11. The highest BCUT2D eigenvalue weighted by Crippen LogP contribution is 2.30. The average molecular weight is 394 g/mol. The molecule has 0 spiro atoms. The zero-order valence-electron chi connectivity index (χ0n) is 15.9. The summed E-state index contributed by atoms with van der Waals surface area (Å²) in [5, 5.41) is 3.37. The number of nitrogens with zero attached hydrogens (tertiary/aromatic N) is 1. The highest BCUT2D eigenvalue weighted by Gasteiger charge is 2.32. The number of para-hydroxylation sites is 1. The van der Waals surface area contributed by atoms with Crippen LogP contribution in [0, 0.1) is 6.92 Å². The van der Waals surface area contributed by atoms with Gasteiger partial charge in [0.1, 0.15) is 12.3 Å². The van der Waals surface area contributed by atoms with Gasteiger partial charge >= 0.3 is 0 Å². The molecule has 1 aliphatic rings. The topological polar surface area (TPSA) is 50.8 Å². The van der Waals surface area contributed by atoms with Gasteiger partial charge in [-0.15, -0.1) is 0 Å². The van der Waals surface area contributed by atoms with E-state index >= 15 is 0 Å². The van der Waals surface area contributed by atoms with Crippen molar-refractivity contribution < 1.29 is 14.3 Å². The molecule has 2 aromatic carbocycles. The molecule has 1 saturated heterocycles. The van der Waals surface area contributed by atoms with E-state index in [1.807, 2.05) is 56.3 Å². The molecule has 0 atom stereocenters. The highest BCUT2D eigenvalue weighted by molar-refractivity contribution is 7.80. The molecule has 2 aromatic rings. The number of hydrogen-bond acceptors (Lipinski definition) is 4. The average Bonchev–Trinajstić information content (AvgIpc) is 2.95. The van der Waals surface area contributed by atoms with Crippen molar-refractivity contribution >= 4 is 35.0 Å². The fraction of sp³-hybridized carbons (Fsp3) is 0.182. The van der Waals surface area contributed by atoms with Crippen LogP contribution in [0.5, 0.6) is 11.5 Å². The number of carbonyl (C=O) groups excluding carboxylic acids is 1. The molecule has 0 unspecified atom stereocenters. The molecule has 28 heavy (non-hydrogen) atoms. The Balaban J connectivity index is 1.90. The van der Waals surface area contributed by atoms with Gasteiger partial charge in [-0.25, -0.2) is 0 Å². The molecule has 0 bridgehead atoms. The second-order valence-corrected chi connectivity index (χ2v) is 6.54. The first-order chi connectivity index (χ1) is 13.5. The van der Waals surface area contributed by atoms with Gasteiger partial charge in [-0.1, -0.05) is 36.9 Å². The SMILES string of the molecule is C=CCOc1ccc(/C=C2/NC(=S)N(c3ccccc3C)C2=O)cc1OCC. The lowest BCUT2D eigenvalue weighted by molar-refractivity contribution is -0.113. The Morgan fingerprint density at radius 2 is 1.96 bits per heavy atom. The predicted octanol–water partition coefficient (Wildman–Crippen LogP) is 4.22. The van der Waals surface area contributed by atoms with E-state index in [4.69, 9.17) is 21.7 Å². The Morgan fingerprint density at radius 1 is 1.18 bits per heavy atom. The molecule has 0 aliphatic carbocycles. The van der Waals surface area contributed by atoms with Gasteiger partial charge < -0.3 is 14.8 Å². The Bertz CT molecular complexity index is 953. The lowest BCUT2D eigenvalue weighted by Gasteiger charge is -2.16. The van der Waals surface area contributed by atoms with Crippen molar-refractivity contribution in [2.75, 3.05) is 18.1 Å². The summed E-state index contributed by atoms with van der Waals surface area (Å²) < 4.78 is 11.3. The third kappa shape index (κ3) is 4.07. The molecule has 5 nitrogen and oxygen atoms in total. The highest BCUT2D eigenvalue weighted by atomic mass is 32.1. The summed E-state index contributed by atoms with van der Waals surface area (Å²) in [4.78, 5) is 14.4. The number of carbonyl (C=O) groups is 1. The molecule has 0 radical (unpaired) electrons. The van der Waals surface area contributed by atoms with Crippen LogP contribution in [-0.4, -0.2) is 24.2 Å². The molecule has 0 saturated carbocycles. The molecule has 0 aromatic heterocycles. The van der Waals surface area contributed by atoms with Crippen LogP contribution in [0.4, 0.5) is 5.69 Å². The van der Waals surface area contributed by atoms with Crippen molar-refractivity contribution in [1.82, 2.24) is 5.32 Å². The largest absolute Gasteiger partial charge is 0.490 e. The van der Waals surface area contributed by atoms with Crippen LogP contribution in [0.25, 0.3) is 6.08 Å². The van der Waals surface area contributed by atoms with Crippen LogP contribution >= 0.6 is 12.2 Å².